The Morgan fingerprint density at radius 3 is 3.07 bits per heavy atom. The van der Waals surface area contributed by atoms with E-state index >= 15 is 0 Å². The van der Waals surface area contributed by atoms with E-state index < -0.39 is 0 Å². The molecule has 1 rings (SSSR count). The fourth-order valence-corrected chi connectivity index (χ4v) is 1.12. The van der Waals surface area contributed by atoms with Crippen molar-refractivity contribution in [2.24, 2.45) is 0 Å². The van der Waals surface area contributed by atoms with Crippen LogP contribution in [0, 0.1) is 16.2 Å². The summed E-state index contributed by atoms with van der Waals surface area (Å²) in [6.45, 7) is 2.84. The maximum atomic E-state index is 10.6. The highest BCUT2D eigenvalue weighted by molar-refractivity contribution is 5.60. The molecule has 75 valence electrons. The lowest BCUT2D eigenvalue weighted by Crippen LogP contribution is -2.03. The van der Waals surface area contributed by atoms with E-state index in [9.17, 15) is 10.1 Å². The Labute approximate surface area is 83.1 Å². The molecule has 0 saturated heterocycles. The van der Waals surface area contributed by atoms with Gasteiger partial charge in [0.1, 0.15) is 5.69 Å². The number of hydrogen-bond donors (Lipinski definition) is 1. The SMILES string of the molecule is CCCCNc1c[c]ccc1[N+](=O)[O-]. The van der Waals surface area contributed by atoms with Crippen LogP contribution in [-0.4, -0.2) is 11.5 Å². The number of hydrogen-bond acceptors (Lipinski definition) is 3. The largest absolute Gasteiger partial charge is 0.379 e. The Bertz CT molecular complexity index is 313. The number of benzene rings is 1. The summed E-state index contributed by atoms with van der Waals surface area (Å²) in [4.78, 5) is 10.2. The van der Waals surface area contributed by atoms with Gasteiger partial charge < -0.3 is 5.32 Å². The van der Waals surface area contributed by atoms with Gasteiger partial charge in [-0.25, -0.2) is 0 Å². The summed E-state index contributed by atoms with van der Waals surface area (Å²) in [7, 11) is 0. The molecule has 1 aromatic carbocycles. The van der Waals surface area contributed by atoms with Crippen molar-refractivity contribution < 1.29 is 4.92 Å². The minimum atomic E-state index is -0.387. The van der Waals surface area contributed by atoms with Crippen molar-refractivity contribution in [2.75, 3.05) is 11.9 Å². The Balaban J connectivity index is 2.69. The van der Waals surface area contributed by atoms with Gasteiger partial charge in [-0.05, 0) is 24.6 Å². The molecule has 0 spiro atoms. The third-order valence-corrected chi connectivity index (χ3v) is 1.88. The lowest BCUT2D eigenvalue weighted by Gasteiger charge is -2.04. The summed E-state index contributed by atoms with van der Waals surface area (Å²) in [6, 6.07) is 7.42. The summed E-state index contributed by atoms with van der Waals surface area (Å²) in [5.74, 6) is 0. The Kier molecular flexibility index (Phi) is 3.91. The minimum absolute atomic E-state index is 0.111. The third-order valence-electron chi connectivity index (χ3n) is 1.88. The van der Waals surface area contributed by atoms with Crippen LogP contribution in [0.15, 0.2) is 18.2 Å². The molecular weight excluding hydrogens is 180 g/mol. The summed E-state index contributed by atoms with van der Waals surface area (Å²) >= 11 is 0. The Morgan fingerprint density at radius 2 is 2.43 bits per heavy atom. The Morgan fingerprint density at radius 1 is 1.64 bits per heavy atom. The van der Waals surface area contributed by atoms with Crippen molar-refractivity contribution in [1.82, 2.24) is 0 Å². The van der Waals surface area contributed by atoms with E-state index in [1.54, 1.807) is 12.1 Å². The molecule has 0 aliphatic carbocycles. The van der Waals surface area contributed by atoms with Gasteiger partial charge >= 0.3 is 0 Å². The first-order valence-electron chi connectivity index (χ1n) is 4.64. The zero-order valence-corrected chi connectivity index (χ0v) is 8.12. The molecule has 14 heavy (non-hydrogen) atoms. The summed E-state index contributed by atoms with van der Waals surface area (Å²) in [5, 5.41) is 13.6. The molecule has 0 bridgehead atoms. The summed E-state index contributed by atoms with van der Waals surface area (Å²) in [5.41, 5.74) is 0.658. The first kappa shape index (κ1) is 10.5. The molecule has 0 unspecified atom stereocenters. The number of rotatable bonds is 5. The van der Waals surface area contributed by atoms with Crippen molar-refractivity contribution in [3.8, 4) is 0 Å². The standard InChI is InChI=1S/C10H13N2O2/c1-2-3-8-11-9-6-4-5-7-10(9)12(13)14/h5-7,11H,2-3,8H2,1H3. The van der Waals surface area contributed by atoms with E-state index in [4.69, 9.17) is 0 Å². The molecule has 0 amide bonds. The molecule has 4 heteroatoms. The van der Waals surface area contributed by atoms with Crippen molar-refractivity contribution in [2.45, 2.75) is 19.8 Å². The molecule has 1 radical (unpaired) electrons. The molecule has 0 saturated carbocycles. The van der Waals surface area contributed by atoms with E-state index in [1.165, 1.54) is 6.07 Å². The highest BCUT2D eigenvalue weighted by atomic mass is 16.6. The maximum absolute atomic E-state index is 10.6. The molecule has 1 N–H and O–H groups in total. The fraction of sp³-hybridized carbons (Fsp3) is 0.400. The fourth-order valence-electron chi connectivity index (χ4n) is 1.12. The minimum Gasteiger partial charge on any atom is -0.379 e. The second-order valence-corrected chi connectivity index (χ2v) is 2.98. The highest BCUT2D eigenvalue weighted by Crippen LogP contribution is 2.22. The predicted octanol–water partition coefficient (Wildman–Crippen LogP) is 2.61. The second kappa shape index (κ2) is 5.21. The van der Waals surface area contributed by atoms with Crippen LogP contribution < -0.4 is 5.32 Å². The molecule has 1 aromatic rings. The van der Waals surface area contributed by atoms with Crippen LogP contribution in [0.2, 0.25) is 0 Å². The molecule has 0 fully saturated rings. The van der Waals surface area contributed by atoms with Gasteiger partial charge in [0.25, 0.3) is 5.69 Å². The van der Waals surface area contributed by atoms with Crippen LogP contribution in [0.25, 0.3) is 0 Å². The van der Waals surface area contributed by atoms with Crippen molar-refractivity contribution in [1.29, 1.82) is 0 Å². The number of unbranched alkanes of at least 4 members (excludes halogenated alkanes) is 1. The second-order valence-electron chi connectivity index (χ2n) is 2.98. The quantitative estimate of drug-likeness (QED) is 0.444. The lowest BCUT2D eigenvalue weighted by atomic mass is 10.2. The van der Waals surface area contributed by atoms with Crippen LogP contribution in [-0.2, 0) is 0 Å². The van der Waals surface area contributed by atoms with E-state index in [1.807, 2.05) is 0 Å². The zero-order chi connectivity index (χ0) is 10.4. The van der Waals surface area contributed by atoms with Gasteiger partial charge in [0.15, 0.2) is 0 Å². The summed E-state index contributed by atoms with van der Waals surface area (Å²) < 4.78 is 0. The van der Waals surface area contributed by atoms with Gasteiger partial charge in [0.2, 0.25) is 0 Å². The Hall–Kier alpha value is -1.58. The highest BCUT2D eigenvalue weighted by Gasteiger charge is 2.10. The van der Waals surface area contributed by atoms with E-state index in [2.05, 4.69) is 18.3 Å². The van der Waals surface area contributed by atoms with Crippen LogP contribution in [0.1, 0.15) is 19.8 Å². The van der Waals surface area contributed by atoms with Crippen molar-refractivity contribution >= 4 is 11.4 Å². The number of nitro benzene ring substituents is 1. The average Bonchev–Trinajstić information content (AvgIpc) is 2.19. The van der Waals surface area contributed by atoms with E-state index in [-0.39, 0.29) is 10.6 Å². The van der Waals surface area contributed by atoms with Gasteiger partial charge in [-0.15, -0.1) is 0 Å². The van der Waals surface area contributed by atoms with Crippen molar-refractivity contribution in [3.05, 3.63) is 34.4 Å². The van der Waals surface area contributed by atoms with Gasteiger partial charge in [0.05, 0.1) is 4.92 Å². The van der Waals surface area contributed by atoms with Gasteiger partial charge in [-0.3, -0.25) is 10.1 Å². The van der Waals surface area contributed by atoms with E-state index in [0.29, 0.717) is 5.69 Å². The van der Waals surface area contributed by atoms with Crippen molar-refractivity contribution in [3.63, 3.8) is 0 Å². The number of anilines is 1. The first-order chi connectivity index (χ1) is 6.75. The average molecular weight is 193 g/mol. The van der Waals surface area contributed by atoms with Gasteiger partial charge in [-0.1, -0.05) is 13.3 Å². The third kappa shape index (κ3) is 2.73. The van der Waals surface area contributed by atoms with Gasteiger partial charge in [-0.2, -0.15) is 0 Å². The van der Waals surface area contributed by atoms with Crippen LogP contribution >= 0.6 is 0 Å². The number of nitrogens with one attached hydrogen (secondary N) is 1. The summed E-state index contributed by atoms with van der Waals surface area (Å²) in [6.07, 6.45) is 2.07. The monoisotopic (exact) mass is 193 g/mol. The molecule has 0 atom stereocenters. The molecule has 4 nitrogen and oxygen atoms in total. The van der Waals surface area contributed by atoms with Crippen LogP contribution in [0.4, 0.5) is 11.4 Å². The van der Waals surface area contributed by atoms with Crippen LogP contribution in [0.5, 0.6) is 0 Å². The normalized spacial score (nSPS) is 9.79. The molecule has 0 heterocycles. The molecule has 0 aliphatic rings. The first-order valence-corrected chi connectivity index (χ1v) is 4.64. The zero-order valence-electron chi connectivity index (χ0n) is 8.12. The van der Waals surface area contributed by atoms with Crippen LogP contribution in [0.3, 0.4) is 0 Å². The number of nitrogens with zero attached hydrogens (tertiary/aromatic N) is 1. The van der Waals surface area contributed by atoms with Gasteiger partial charge in [0, 0.05) is 12.6 Å². The smallest absolute Gasteiger partial charge is 0.292 e. The molecule has 0 aliphatic heterocycles. The lowest BCUT2D eigenvalue weighted by molar-refractivity contribution is -0.384. The predicted molar refractivity (Wildman–Crippen MR) is 55.3 cm³/mol. The maximum Gasteiger partial charge on any atom is 0.292 e. The van der Waals surface area contributed by atoms with E-state index in [0.717, 1.165) is 19.4 Å². The molecular formula is C10H13N2O2. The molecule has 0 aromatic heterocycles. The topological polar surface area (TPSA) is 55.2 Å². The number of nitro groups is 1.